The van der Waals surface area contributed by atoms with Gasteiger partial charge in [0.1, 0.15) is 0 Å². The molecule has 0 aliphatic carbocycles. The van der Waals surface area contributed by atoms with Crippen molar-refractivity contribution in [1.82, 2.24) is 10.2 Å². The molecule has 1 N–H and O–H groups in total. The summed E-state index contributed by atoms with van der Waals surface area (Å²) in [5.41, 5.74) is 0. The lowest BCUT2D eigenvalue weighted by Gasteiger charge is -2.12. The second-order valence-corrected chi connectivity index (χ2v) is 4.66. The molecule has 0 amide bonds. The van der Waals surface area contributed by atoms with Gasteiger partial charge in [-0.3, -0.25) is 5.32 Å². The van der Waals surface area contributed by atoms with Crippen LogP contribution < -0.4 is 14.5 Å². The van der Waals surface area contributed by atoms with Gasteiger partial charge in [0, 0.05) is 37.4 Å². The van der Waals surface area contributed by atoms with Crippen molar-refractivity contribution in [1.29, 1.82) is 0 Å². The smallest absolute Gasteiger partial charge is 0.204 e. The van der Waals surface area contributed by atoms with Crippen molar-refractivity contribution in [2.75, 3.05) is 20.1 Å². The van der Waals surface area contributed by atoms with Gasteiger partial charge in [0.05, 0.1) is 0 Å². The van der Waals surface area contributed by atoms with E-state index in [1.165, 1.54) is 0 Å². The third-order valence-corrected chi connectivity index (χ3v) is 2.92. The second-order valence-electron chi connectivity index (χ2n) is 4.66. The number of hydrogen-bond donors (Lipinski definition) is 1. The molecule has 0 aromatic carbocycles. The van der Waals surface area contributed by atoms with Gasteiger partial charge in [-0.15, -0.1) is 0 Å². The minimum absolute atomic E-state index is 0.854. The molecule has 0 aliphatic rings. The van der Waals surface area contributed by atoms with Crippen LogP contribution in [0.4, 0.5) is 0 Å². The Balaban J connectivity index is 1.63. The molecule has 19 heavy (non-hydrogen) atoms. The van der Waals surface area contributed by atoms with Crippen molar-refractivity contribution in [2.24, 2.45) is 0 Å². The Morgan fingerprint density at radius 1 is 0.842 bits per heavy atom. The van der Waals surface area contributed by atoms with Crippen LogP contribution in [0.25, 0.3) is 0 Å². The number of likely N-dealkylation sites (N-methyl/N-ethyl adjacent to an activating group) is 1. The molecule has 0 bridgehead atoms. The minimum atomic E-state index is 0.854. The van der Waals surface area contributed by atoms with E-state index in [0.29, 0.717) is 0 Å². The van der Waals surface area contributed by atoms with Crippen LogP contribution in [-0.4, -0.2) is 25.0 Å². The number of nitrogens with one attached hydrogen (secondary N) is 1. The van der Waals surface area contributed by atoms with Gasteiger partial charge in [-0.1, -0.05) is 12.1 Å². The third-order valence-electron chi connectivity index (χ3n) is 2.92. The summed E-state index contributed by atoms with van der Waals surface area (Å²) >= 11 is 0. The Labute approximate surface area is 114 Å². The largest absolute Gasteiger partial charge is 0.260 e. The number of nitrogens with zero attached hydrogens (tertiary/aromatic N) is 3. The Kier molecular flexibility index (Phi) is 5.47. The molecule has 2 heterocycles. The van der Waals surface area contributed by atoms with E-state index in [-0.39, 0.29) is 0 Å². The predicted molar refractivity (Wildman–Crippen MR) is 73.9 cm³/mol. The first-order chi connectivity index (χ1) is 9.34. The highest BCUT2D eigenvalue weighted by Crippen LogP contribution is 1.83. The number of rotatable bonds is 7. The SMILES string of the molecule is CN(CCNC[n+]1ccccc1)C[n+]1ccccc1. The summed E-state index contributed by atoms with van der Waals surface area (Å²) in [5, 5.41) is 3.43. The highest BCUT2D eigenvalue weighted by atomic mass is 15.2. The van der Waals surface area contributed by atoms with Crippen molar-refractivity contribution in [3.63, 3.8) is 0 Å². The molecule has 100 valence electrons. The van der Waals surface area contributed by atoms with Gasteiger partial charge in [0.2, 0.25) is 13.3 Å². The fourth-order valence-electron chi connectivity index (χ4n) is 1.90. The van der Waals surface area contributed by atoms with Crippen molar-refractivity contribution in [2.45, 2.75) is 13.3 Å². The van der Waals surface area contributed by atoms with Crippen molar-refractivity contribution >= 4 is 0 Å². The van der Waals surface area contributed by atoms with Gasteiger partial charge in [-0.2, -0.15) is 9.13 Å². The first kappa shape index (κ1) is 13.6. The molecule has 2 rings (SSSR count). The second kappa shape index (κ2) is 7.61. The molecule has 0 saturated heterocycles. The van der Waals surface area contributed by atoms with E-state index in [0.717, 1.165) is 26.4 Å². The van der Waals surface area contributed by atoms with Crippen LogP contribution in [-0.2, 0) is 13.3 Å². The summed E-state index contributed by atoms with van der Waals surface area (Å²) in [7, 11) is 2.14. The molecule has 0 spiro atoms. The molecular weight excluding hydrogens is 236 g/mol. The molecular formula is C15H22N4+2. The molecule has 0 aliphatic heterocycles. The first-order valence-corrected chi connectivity index (χ1v) is 6.62. The molecule has 0 atom stereocenters. The zero-order valence-electron chi connectivity index (χ0n) is 11.4. The molecule has 0 fully saturated rings. The van der Waals surface area contributed by atoms with E-state index in [9.17, 15) is 0 Å². The number of hydrogen-bond acceptors (Lipinski definition) is 2. The fraction of sp³-hybridized carbons (Fsp3) is 0.333. The van der Waals surface area contributed by atoms with Crippen LogP contribution >= 0.6 is 0 Å². The predicted octanol–water partition coefficient (Wildman–Crippen LogP) is 0.398. The maximum Gasteiger partial charge on any atom is 0.204 e. The van der Waals surface area contributed by atoms with Crippen LogP contribution in [0.5, 0.6) is 0 Å². The molecule has 4 nitrogen and oxygen atoms in total. The molecule has 2 aromatic rings. The molecule has 0 saturated carbocycles. The van der Waals surface area contributed by atoms with Crippen molar-refractivity contribution in [3.05, 3.63) is 61.2 Å². The van der Waals surface area contributed by atoms with Crippen LogP contribution in [0, 0.1) is 0 Å². The van der Waals surface area contributed by atoms with Gasteiger partial charge in [0.25, 0.3) is 0 Å². The Bertz CT molecular complexity index is 458. The third kappa shape index (κ3) is 5.16. The van der Waals surface area contributed by atoms with Crippen LogP contribution in [0.1, 0.15) is 0 Å². The highest BCUT2D eigenvalue weighted by Gasteiger charge is 2.04. The summed E-state index contributed by atoms with van der Waals surface area (Å²) < 4.78 is 4.30. The minimum Gasteiger partial charge on any atom is -0.260 e. The lowest BCUT2D eigenvalue weighted by molar-refractivity contribution is -0.715. The standard InChI is InChI=1S/C15H22N4/c1-17(15-19-11-6-3-7-12-19)13-8-16-14-18-9-4-2-5-10-18/h2-7,9-12,16H,8,13-15H2,1H3/q+2. The van der Waals surface area contributed by atoms with E-state index in [4.69, 9.17) is 0 Å². The average Bonchev–Trinajstić information content (AvgIpc) is 2.46. The fourth-order valence-corrected chi connectivity index (χ4v) is 1.90. The van der Waals surface area contributed by atoms with Gasteiger partial charge < -0.3 is 0 Å². The monoisotopic (exact) mass is 258 g/mol. The van der Waals surface area contributed by atoms with Crippen LogP contribution in [0.2, 0.25) is 0 Å². The number of aromatic nitrogens is 2. The summed E-state index contributed by atoms with van der Waals surface area (Å²) in [6.45, 7) is 3.77. The Hall–Kier alpha value is -1.78. The molecule has 0 radical (unpaired) electrons. The lowest BCUT2D eigenvalue weighted by Crippen LogP contribution is -2.46. The van der Waals surface area contributed by atoms with E-state index < -0.39 is 0 Å². The van der Waals surface area contributed by atoms with Gasteiger partial charge in [0.15, 0.2) is 24.8 Å². The van der Waals surface area contributed by atoms with E-state index in [1.807, 2.05) is 24.3 Å². The lowest BCUT2D eigenvalue weighted by atomic mass is 10.5. The van der Waals surface area contributed by atoms with Crippen molar-refractivity contribution in [3.8, 4) is 0 Å². The van der Waals surface area contributed by atoms with E-state index in [2.05, 4.69) is 63.3 Å². The Morgan fingerprint density at radius 3 is 2.05 bits per heavy atom. The summed E-state index contributed by atoms with van der Waals surface area (Å²) in [5.74, 6) is 0. The molecule has 4 heteroatoms. The summed E-state index contributed by atoms with van der Waals surface area (Å²) in [4.78, 5) is 2.29. The summed E-state index contributed by atoms with van der Waals surface area (Å²) in [6.07, 6.45) is 8.31. The normalized spacial score (nSPS) is 10.8. The maximum atomic E-state index is 3.43. The van der Waals surface area contributed by atoms with Gasteiger partial charge >= 0.3 is 0 Å². The maximum absolute atomic E-state index is 3.43. The number of pyridine rings is 2. The van der Waals surface area contributed by atoms with Crippen LogP contribution in [0.3, 0.4) is 0 Å². The molecule has 0 unspecified atom stereocenters. The topological polar surface area (TPSA) is 23.0 Å². The van der Waals surface area contributed by atoms with Crippen LogP contribution in [0.15, 0.2) is 61.2 Å². The van der Waals surface area contributed by atoms with E-state index >= 15 is 0 Å². The Morgan fingerprint density at radius 2 is 1.42 bits per heavy atom. The average molecular weight is 258 g/mol. The van der Waals surface area contributed by atoms with Gasteiger partial charge in [-0.25, -0.2) is 4.90 Å². The zero-order valence-corrected chi connectivity index (χ0v) is 11.4. The quantitative estimate of drug-likeness (QED) is 0.574. The highest BCUT2D eigenvalue weighted by molar-refractivity contribution is 4.84. The summed E-state index contributed by atoms with van der Waals surface area (Å²) in [6, 6.07) is 12.3. The van der Waals surface area contributed by atoms with Gasteiger partial charge in [-0.05, 0) is 7.05 Å². The zero-order chi connectivity index (χ0) is 13.3. The van der Waals surface area contributed by atoms with E-state index in [1.54, 1.807) is 0 Å². The first-order valence-electron chi connectivity index (χ1n) is 6.62. The molecule has 2 aromatic heterocycles. The van der Waals surface area contributed by atoms with Crippen molar-refractivity contribution < 1.29 is 9.13 Å².